The Bertz CT molecular complexity index is 207. The first-order valence-electron chi connectivity index (χ1n) is 7.19. The molecule has 0 aromatic rings. The van der Waals surface area contributed by atoms with Crippen molar-refractivity contribution in [2.45, 2.75) is 71.8 Å². The zero-order valence-electron chi connectivity index (χ0n) is 11.4. The van der Waals surface area contributed by atoms with Gasteiger partial charge in [-0.15, -0.1) is 0 Å². The highest BCUT2D eigenvalue weighted by Crippen LogP contribution is 2.24. The van der Waals surface area contributed by atoms with Crippen LogP contribution in [-0.4, -0.2) is 12.6 Å². The molecule has 0 spiro atoms. The Morgan fingerprint density at radius 3 is 2.69 bits per heavy atom. The van der Waals surface area contributed by atoms with E-state index in [1.165, 1.54) is 44.9 Å². The molecule has 0 aromatic carbocycles. The molecule has 0 saturated carbocycles. The van der Waals surface area contributed by atoms with E-state index in [9.17, 15) is 0 Å². The molecule has 0 radical (unpaired) electrons. The van der Waals surface area contributed by atoms with Gasteiger partial charge in [0, 0.05) is 6.04 Å². The molecule has 94 valence electrons. The van der Waals surface area contributed by atoms with E-state index in [4.69, 9.17) is 0 Å². The van der Waals surface area contributed by atoms with E-state index < -0.39 is 0 Å². The van der Waals surface area contributed by atoms with Crippen molar-refractivity contribution in [2.24, 2.45) is 5.92 Å². The molecule has 1 N–H and O–H groups in total. The second kappa shape index (κ2) is 7.89. The third-order valence-corrected chi connectivity index (χ3v) is 3.76. The van der Waals surface area contributed by atoms with Crippen LogP contribution in [0.4, 0.5) is 0 Å². The fourth-order valence-electron chi connectivity index (χ4n) is 2.77. The van der Waals surface area contributed by atoms with Gasteiger partial charge in [-0.3, -0.25) is 0 Å². The Kier molecular flexibility index (Phi) is 6.79. The van der Waals surface area contributed by atoms with Gasteiger partial charge in [-0.2, -0.15) is 0 Å². The van der Waals surface area contributed by atoms with Crippen LogP contribution in [-0.2, 0) is 0 Å². The molecule has 1 aliphatic rings. The molecule has 1 aliphatic carbocycles. The molecular formula is C15H29N. The van der Waals surface area contributed by atoms with Gasteiger partial charge >= 0.3 is 0 Å². The summed E-state index contributed by atoms with van der Waals surface area (Å²) in [6.07, 6.45) is 11.9. The summed E-state index contributed by atoms with van der Waals surface area (Å²) >= 11 is 0. The first kappa shape index (κ1) is 13.8. The zero-order chi connectivity index (χ0) is 11.8. The van der Waals surface area contributed by atoms with E-state index in [-0.39, 0.29) is 0 Å². The van der Waals surface area contributed by atoms with E-state index in [0.717, 1.165) is 12.5 Å². The van der Waals surface area contributed by atoms with Crippen LogP contribution in [0, 0.1) is 5.92 Å². The first-order valence-corrected chi connectivity index (χ1v) is 7.19. The average Bonchev–Trinajstić information content (AvgIpc) is 2.30. The largest absolute Gasteiger partial charge is 0.314 e. The highest BCUT2D eigenvalue weighted by atomic mass is 14.9. The summed E-state index contributed by atoms with van der Waals surface area (Å²) in [5.74, 6) is 0.813. The molecule has 1 heteroatoms. The Balaban J connectivity index is 2.45. The van der Waals surface area contributed by atoms with Crippen molar-refractivity contribution in [3.8, 4) is 0 Å². The minimum atomic E-state index is 0.703. The predicted molar refractivity (Wildman–Crippen MR) is 72.7 cm³/mol. The van der Waals surface area contributed by atoms with Crippen LogP contribution in [0.3, 0.4) is 0 Å². The summed E-state index contributed by atoms with van der Waals surface area (Å²) in [4.78, 5) is 0. The van der Waals surface area contributed by atoms with Crippen LogP contribution in [0.5, 0.6) is 0 Å². The molecule has 0 aromatic heterocycles. The van der Waals surface area contributed by atoms with Crippen molar-refractivity contribution in [2.75, 3.05) is 6.54 Å². The second-order valence-electron chi connectivity index (χ2n) is 5.24. The fraction of sp³-hybridized carbons (Fsp3) is 0.867. The van der Waals surface area contributed by atoms with Crippen molar-refractivity contribution in [1.29, 1.82) is 0 Å². The van der Waals surface area contributed by atoms with Crippen LogP contribution in [0.15, 0.2) is 11.6 Å². The lowest BCUT2D eigenvalue weighted by atomic mass is 9.87. The monoisotopic (exact) mass is 223 g/mol. The summed E-state index contributed by atoms with van der Waals surface area (Å²) < 4.78 is 0. The van der Waals surface area contributed by atoms with Crippen molar-refractivity contribution in [3.63, 3.8) is 0 Å². The maximum atomic E-state index is 3.67. The number of hydrogen-bond acceptors (Lipinski definition) is 1. The number of nitrogens with one attached hydrogen (secondary N) is 1. The van der Waals surface area contributed by atoms with Crippen molar-refractivity contribution in [1.82, 2.24) is 5.32 Å². The maximum absolute atomic E-state index is 3.67. The second-order valence-corrected chi connectivity index (χ2v) is 5.24. The van der Waals surface area contributed by atoms with Crippen LogP contribution in [0.25, 0.3) is 0 Å². The number of allylic oxidation sites excluding steroid dienone is 1. The minimum absolute atomic E-state index is 0.703. The van der Waals surface area contributed by atoms with E-state index >= 15 is 0 Å². The highest BCUT2D eigenvalue weighted by Gasteiger charge is 2.17. The van der Waals surface area contributed by atoms with E-state index in [1.54, 1.807) is 5.57 Å². The van der Waals surface area contributed by atoms with E-state index in [1.807, 2.05) is 0 Å². The number of rotatable bonds is 7. The highest BCUT2D eigenvalue weighted by molar-refractivity contribution is 5.07. The average molecular weight is 223 g/mol. The Labute approximate surface area is 102 Å². The topological polar surface area (TPSA) is 12.0 Å². The summed E-state index contributed by atoms with van der Waals surface area (Å²) in [6.45, 7) is 8.02. The molecule has 0 fully saturated rings. The summed E-state index contributed by atoms with van der Waals surface area (Å²) in [7, 11) is 0. The van der Waals surface area contributed by atoms with Crippen LogP contribution < -0.4 is 5.32 Å². The Morgan fingerprint density at radius 2 is 2.12 bits per heavy atom. The SMILES string of the molecule is CCCC(C)C(CC1=CCCCC1)NCC. The van der Waals surface area contributed by atoms with Crippen molar-refractivity contribution in [3.05, 3.63) is 11.6 Å². The molecule has 0 amide bonds. The van der Waals surface area contributed by atoms with Gasteiger partial charge < -0.3 is 5.32 Å². The van der Waals surface area contributed by atoms with Gasteiger partial charge in [0.25, 0.3) is 0 Å². The fourth-order valence-corrected chi connectivity index (χ4v) is 2.77. The lowest BCUT2D eigenvalue weighted by Crippen LogP contribution is -2.35. The molecule has 2 unspecified atom stereocenters. The summed E-state index contributed by atoms with van der Waals surface area (Å²) in [5, 5.41) is 3.67. The van der Waals surface area contributed by atoms with Gasteiger partial charge in [0.05, 0.1) is 0 Å². The summed E-state index contributed by atoms with van der Waals surface area (Å²) in [5.41, 5.74) is 1.71. The maximum Gasteiger partial charge on any atom is 0.0130 e. The molecule has 1 nitrogen and oxygen atoms in total. The smallest absolute Gasteiger partial charge is 0.0130 e. The lowest BCUT2D eigenvalue weighted by Gasteiger charge is -2.27. The Morgan fingerprint density at radius 1 is 1.31 bits per heavy atom. The quantitative estimate of drug-likeness (QED) is 0.635. The molecule has 1 rings (SSSR count). The van der Waals surface area contributed by atoms with E-state index in [2.05, 4.69) is 32.2 Å². The van der Waals surface area contributed by atoms with Crippen molar-refractivity contribution < 1.29 is 0 Å². The lowest BCUT2D eigenvalue weighted by molar-refractivity contribution is 0.353. The predicted octanol–water partition coefficient (Wildman–Crippen LogP) is 4.29. The molecule has 0 saturated heterocycles. The van der Waals surface area contributed by atoms with Crippen LogP contribution >= 0.6 is 0 Å². The third kappa shape index (κ3) is 4.69. The van der Waals surface area contributed by atoms with Crippen LogP contribution in [0.1, 0.15) is 65.7 Å². The van der Waals surface area contributed by atoms with Gasteiger partial charge in [-0.25, -0.2) is 0 Å². The van der Waals surface area contributed by atoms with Gasteiger partial charge in [-0.1, -0.05) is 38.8 Å². The first-order chi connectivity index (χ1) is 7.77. The van der Waals surface area contributed by atoms with E-state index in [0.29, 0.717) is 6.04 Å². The van der Waals surface area contributed by atoms with Gasteiger partial charge in [0.1, 0.15) is 0 Å². The molecular weight excluding hydrogens is 194 g/mol. The zero-order valence-corrected chi connectivity index (χ0v) is 11.4. The molecule has 0 aliphatic heterocycles. The van der Waals surface area contributed by atoms with Gasteiger partial charge in [0.2, 0.25) is 0 Å². The van der Waals surface area contributed by atoms with Crippen LogP contribution in [0.2, 0.25) is 0 Å². The van der Waals surface area contributed by atoms with Gasteiger partial charge in [0.15, 0.2) is 0 Å². The molecule has 0 heterocycles. The number of hydrogen-bond donors (Lipinski definition) is 1. The Hall–Kier alpha value is -0.300. The normalized spacial score (nSPS) is 20.3. The van der Waals surface area contributed by atoms with Crippen molar-refractivity contribution >= 4 is 0 Å². The van der Waals surface area contributed by atoms with Gasteiger partial charge in [-0.05, 0) is 51.0 Å². The minimum Gasteiger partial charge on any atom is -0.314 e. The molecule has 0 bridgehead atoms. The molecule has 16 heavy (non-hydrogen) atoms. The standard InChI is InChI=1S/C15H29N/c1-4-9-13(3)15(16-5-2)12-14-10-7-6-8-11-14/h10,13,15-16H,4-9,11-12H2,1-3H3. The molecule has 2 atom stereocenters. The third-order valence-electron chi connectivity index (χ3n) is 3.76. The summed E-state index contributed by atoms with van der Waals surface area (Å²) in [6, 6.07) is 0.703.